The highest BCUT2D eigenvalue weighted by Gasteiger charge is 2.34. The number of ether oxygens (including phenoxy) is 1. The molecule has 106 valence electrons. The lowest BCUT2D eigenvalue weighted by Gasteiger charge is -2.36. The summed E-state index contributed by atoms with van der Waals surface area (Å²) in [6.45, 7) is 1.25. The van der Waals surface area contributed by atoms with Crippen LogP contribution in [0.4, 0.5) is 0 Å². The van der Waals surface area contributed by atoms with E-state index in [0.717, 1.165) is 18.2 Å². The zero-order valence-electron chi connectivity index (χ0n) is 11.0. The number of para-hydroxylation sites is 1. The second-order valence-corrected chi connectivity index (χ2v) is 5.39. The van der Waals surface area contributed by atoms with E-state index in [1.807, 2.05) is 24.3 Å². The Kier molecular flexibility index (Phi) is 3.68. The van der Waals surface area contributed by atoms with Gasteiger partial charge in [0.2, 0.25) is 0 Å². The summed E-state index contributed by atoms with van der Waals surface area (Å²) < 4.78 is 10.7. The second kappa shape index (κ2) is 5.46. The molecule has 4 nitrogen and oxygen atoms in total. The lowest BCUT2D eigenvalue weighted by Crippen LogP contribution is -2.53. The molecule has 0 spiro atoms. The molecule has 1 aliphatic rings. The SMILES string of the molecule is O=C(NC1(CCl)CCOCC1)c1coc2ccccc12. The fourth-order valence-electron chi connectivity index (χ4n) is 2.52. The molecule has 0 radical (unpaired) electrons. The highest BCUT2D eigenvalue weighted by Crippen LogP contribution is 2.25. The van der Waals surface area contributed by atoms with E-state index in [0.29, 0.717) is 30.2 Å². The van der Waals surface area contributed by atoms with E-state index in [1.165, 1.54) is 6.26 Å². The number of rotatable bonds is 3. The van der Waals surface area contributed by atoms with Gasteiger partial charge < -0.3 is 14.5 Å². The maximum absolute atomic E-state index is 12.5. The summed E-state index contributed by atoms with van der Waals surface area (Å²) >= 11 is 6.07. The van der Waals surface area contributed by atoms with Gasteiger partial charge in [0.1, 0.15) is 11.8 Å². The van der Waals surface area contributed by atoms with Gasteiger partial charge in [-0.2, -0.15) is 0 Å². The van der Waals surface area contributed by atoms with E-state index in [1.54, 1.807) is 0 Å². The Morgan fingerprint density at radius 2 is 2.05 bits per heavy atom. The second-order valence-electron chi connectivity index (χ2n) is 5.13. The summed E-state index contributed by atoms with van der Waals surface area (Å²) in [5.41, 5.74) is 0.885. The van der Waals surface area contributed by atoms with Crippen LogP contribution in [0.15, 0.2) is 34.9 Å². The van der Waals surface area contributed by atoms with Crippen LogP contribution in [0.25, 0.3) is 11.0 Å². The number of nitrogens with one attached hydrogen (secondary N) is 1. The summed E-state index contributed by atoms with van der Waals surface area (Å²) in [6.07, 6.45) is 2.97. The molecule has 3 rings (SSSR count). The molecule has 2 heterocycles. The van der Waals surface area contributed by atoms with Crippen LogP contribution in [-0.4, -0.2) is 30.5 Å². The van der Waals surface area contributed by atoms with Crippen molar-refractivity contribution in [3.8, 4) is 0 Å². The van der Waals surface area contributed by atoms with Crippen LogP contribution >= 0.6 is 11.6 Å². The first-order valence-corrected chi connectivity index (χ1v) is 7.20. The number of furan rings is 1. The van der Waals surface area contributed by atoms with Crippen molar-refractivity contribution >= 4 is 28.5 Å². The lowest BCUT2D eigenvalue weighted by molar-refractivity contribution is 0.0434. The van der Waals surface area contributed by atoms with Gasteiger partial charge in [0.25, 0.3) is 5.91 Å². The van der Waals surface area contributed by atoms with Crippen LogP contribution in [0.2, 0.25) is 0 Å². The molecule has 1 amide bonds. The minimum absolute atomic E-state index is 0.141. The summed E-state index contributed by atoms with van der Waals surface area (Å²) in [4.78, 5) is 12.5. The number of halogens is 1. The Hall–Kier alpha value is -1.52. The maximum atomic E-state index is 12.5. The van der Waals surface area contributed by atoms with Crippen LogP contribution in [0.3, 0.4) is 0 Å². The van der Waals surface area contributed by atoms with Gasteiger partial charge in [-0.1, -0.05) is 18.2 Å². The van der Waals surface area contributed by atoms with Crippen molar-refractivity contribution in [3.05, 3.63) is 36.1 Å². The monoisotopic (exact) mass is 293 g/mol. The first-order chi connectivity index (χ1) is 9.74. The Bertz CT molecular complexity index is 616. The third-order valence-corrected chi connectivity index (χ3v) is 4.32. The predicted octanol–water partition coefficient (Wildman–Crippen LogP) is 2.95. The predicted molar refractivity (Wildman–Crippen MR) is 77.2 cm³/mol. The van der Waals surface area contributed by atoms with Gasteiger partial charge in [-0.05, 0) is 18.9 Å². The normalized spacial score (nSPS) is 18.1. The Labute approximate surface area is 122 Å². The topological polar surface area (TPSA) is 51.5 Å². The van der Waals surface area contributed by atoms with E-state index in [-0.39, 0.29) is 11.4 Å². The van der Waals surface area contributed by atoms with Gasteiger partial charge in [-0.15, -0.1) is 11.6 Å². The molecule has 1 aliphatic heterocycles. The Morgan fingerprint density at radius 3 is 2.80 bits per heavy atom. The van der Waals surface area contributed by atoms with Crippen molar-refractivity contribution < 1.29 is 13.9 Å². The largest absolute Gasteiger partial charge is 0.463 e. The molecule has 0 saturated carbocycles. The Balaban J connectivity index is 1.85. The van der Waals surface area contributed by atoms with E-state index < -0.39 is 0 Å². The summed E-state index contributed by atoms with van der Waals surface area (Å²) in [7, 11) is 0. The van der Waals surface area contributed by atoms with Gasteiger partial charge in [-0.25, -0.2) is 0 Å². The highest BCUT2D eigenvalue weighted by molar-refractivity contribution is 6.19. The van der Waals surface area contributed by atoms with E-state index in [2.05, 4.69) is 5.32 Å². The van der Waals surface area contributed by atoms with Gasteiger partial charge in [0, 0.05) is 24.5 Å². The van der Waals surface area contributed by atoms with Crippen LogP contribution < -0.4 is 5.32 Å². The zero-order chi connectivity index (χ0) is 14.0. The molecule has 0 unspecified atom stereocenters. The molecule has 1 fully saturated rings. The average Bonchev–Trinajstić information content (AvgIpc) is 2.92. The first kappa shape index (κ1) is 13.5. The fourth-order valence-corrected chi connectivity index (χ4v) is 2.85. The van der Waals surface area contributed by atoms with Crippen molar-refractivity contribution in [2.75, 3.05) is 19.1 Å². The highest BCUT2D eigenvalue weighted by atomic mass is 35.5. The lowest BCUT2D eigenvalue weighted by atomic mass is 9.92. The van der Waals surface area contributed by atoms with Crippen molar-refractivity contribution in [3.63, 3.8) is 0 Å². The van der Waals surface area contributed by atoms with E-state index in [9.17, 15) is 4.79 Å². The Morgan fingerprint density at radius 1 is 1.30 bits per heavy atom. The molecular formula is C15H16ClNO3. The molecular weight excluding hydrogens is 278 g/mol. The van der Waals surface area contributed by atoms with Crippen LogP contribution in [0.1, 0.15) is 23.2 Å². The number of amides is 1. The fraction of sp³-hybridized carbons (Fsp3) is 0.400. The summed E-state index contributed by atoms with van der Waals surface area (Å²) in [5.74, 6) is 0.246. The average molecular weight is 294 g/mol. The minimum Gasteiger partial charge on any atom is -0.463 e. The molecule has 1 N–H and O–H groups in total. The molecule has 1 aromatic carbocycles. The van der Waals surface area contributed by atoms with Gasteiger partial charge in [0.05, 0.1) is 11.1 Å². The molecule has 1 aromatic heterocycles. The smallest absolute Gasteiger partial charge is 0.255 e. The number of fused-ring (bicyclic) bond motifs is 1. The number of hydrogen-bond acceptors (Lipinski definition) is 3. The van der Waals surface area contributed by atoms with Gasteiger partial charge in [0.15, 0.2) is 0 Å². The van der Waals surface area contributed by atoms with E-state index in [4.69, 9.17) is 20.8 Å². The summed E-state index contributed by atoms with van der Waals surface area (Å²) in [5, 5.41) is 3.89. The number of carbonyl (C=O) groups is 1. The first-order valence-electron chi connectivity index (χ1n) is 6.67. The van der Waals surface area contributed by atoms with Crippen molar-refractivity contribution in [2.45, 2.75) is 18.4 Å². The van der Waals surface area contributed by atoms with Gasteiger partial charge in [-0.3, -0.25) is 4.79 Å². The maximum Gasteiger partial charge on any atom is 0.255 e. The van der Waals surface area contributed by atoms with Crippen LogP contribution in [0.5, 0.6) is 0 Å². The number of carbonyl (C=O) groups excluding carboxylic acids is 1. The molecule has 0 aliphatic carbocycles. The van der Waals surface area contributed by atoms with Crippen molar-refractivity contribution in [1.29, 1.82) is 0 Å². The van der Waals surface area contributed by atoms with E-state index >= 15 is 0 Å². The number of alkyl halides is 1. The molecule has 0 bridgehead atoms. The standard InChI is InChI=1S/C15H16ClNO3/c16-10-15(5-7-19-8-6-15)17-14(18)12-9-20-13-4-2-1-3-11(12)13/h1-4,9H,5-8,10H2,(H,17,18). The summed E-state index contributed by atoms with van der Waals surface area (Å²) in [6, 6.07) is 7.50. The number of hydrogen-bond donors (Lipinski definition) is 1. The minimum atomic E-state index is -0.380. The van der Waals surface area contributed by atoms with Crippen molar-refractivity contribution in [1.82, 2.24) is 5.32 Å². The zero-order valence-corrected chi connectivity index (χ0v) is 11.8. The molecule has 20 heavy (non-hydrogen) atoms. The molecule has 0 atom stereocenters. The van der Waals surface area contributed by atoms with Crippen LogP contribution in [-0.2, 0) is 4.74 Å². The van der Waals surface area contributed by atoms with Gasteiger partial charge >= 0.3 is 0 Å². The third-order valence-electron chi connectivity index (χ3n) is 3.81. The van der Waals surface area contributed by atoms with Crippen molar-refractivity contribution in [2.24, 2.45) is 0 Å². The quantitative estimate of drug-likeness (QED) is 0.885. The van der Waals surface area contributed by atoms with Crippen LogP contribution in [0, 0.1) is 0 Å². The molecule has 2 aromatic rings. The number of benzene rings is 1. The molecule has 5 heteroatoms. The third kappa shape index (κ3) is 2.41. The molecule has 1 saturated heterocycles.